The lowest BCUT2D eigenvalue weighted by Gasteiger charge is -2.37. The van der Waals surface area contributed by atoms with Crippen LogP contribution in [0.3, 0.4) is 0 Å². The third-order valence-electron chi connectivity index (χ3n) is 8.39. The number of imidazole rings is 1. The third kappa shape index (κ3) is 5.01. The van der Waals surface area contributed by atoms with Crippen LogP contribution in [-0.4, -0.2) is 56.0 Å². The van der Waals surface area contributed by atoms with Crippen LogP contribution < -0.4 is 11.4 Å². The molecule has 2 N–H and O–H groups in total. The molecule has 1 aromatic carbocycles. The summed E-state index contributed by atoms with van der Waals surface area (Å²) >= 11 is 0. The molecule has 3 aliphatic rings. The number of benzene rings is 1. The van der Waals surface area contributed by atoms with E-state index in [2.05, 4.69) is 9.88 Å². The monoisotopic (exact) mass is 506 g/mol. The van der Waals surface area contributed by atoms with Gasteiger partial charge in [0, 0.05) is 44.3 Å². The van der Waals surface area contributed by atoms with Crippen LogP contribution in [0.25, 0.3) is 11.0 Å². The minimum absolute atomic E-state index is 0.0274. The van der Waals surface area contributed by atoms with Gasteiger partial charge in [-0.1, -0.05) is 0 Å². The SMILES string of the molecule is Nc1cc(CN2CCC(C(=O)N3CCC(n4c(=O)n(CC5CC5)c5cc(F)ccc54)CC3)CC2)ccn1. The van der Waals surface area contributed by atoms with Crippen LogP contribution in [-0.2, 0) is 17.9 Å². The number of nitrogens with two attached hydrogens (primary N) is 1. The first-order valence-electron chi connectivity index (χ1n) is 13.6. The molecule has 6 rings (SSSR count). The van der Waals surface area contributed by atoms with Gasteiger partial charge in [-0.2, -0.15) is 0 Å². The third-order valence-corrected chi connectivity index (χ3v) is 8.39. The maximum absolute atomic E-state index is 14.0. The predicted molar refractivity (Wildman–Crippen MR) is 140 cm³/mol. The van der Waals surface area contributed by atoms with E-state index in [1.807, 2.05) is 21.6 Å². The van der Waals surface area contributed by atoms with Gasteiger partial charge >= 0.3 is 5.69 Å². The summed E-state index contributed by atoms with van der Waals surface area (Å²) in [5.41, 5.74) is 8.41. The molecular formula is C28H35FN6O2. The van der Waals surface area contributed by atoms with E-state index in [0.717, 1.165) is 69.2 Å². The van der Waals surface area contributed by atoms with Crippen LogP contribution in [0.15, 0.2) is 41.3 Å². The molecule has 37 heavy (non-hydrogen) atoms. The van der Waals surface area contributed by atoms with Crippen molar-refractivity contribution in [3.05, 3.63) is 58.4 Å². The zero-order valence-electron chi connectivity index (χ0n) is 21.2. The fraction of sp³-hybridized carbons (Fsp3) is 0.536. The van der Waals surface area contributed by atoms with Crippen molar-refractivity contribution in [1.82, 2.24) is 23.9 Å². The van der Waals surface area contributed by atoms with E-state index in [-0.39, 0.29) is 29.4 Å². The highest BCUT2D eigenvalue weighted by molar-refractivity contribution is 5.79. The summed E-state index contributed by atoms with van der Waals surface area (Å²) in [4.78, 5) is 35.2. The number of carbonyl (C=O) groups is 1. The lowest BCUT2D eigenvalue weighted by Crippen LogP contribution is -2.46. The smallest absolute Gasteiger partial charge is 0.329 e. The Morgan fingerprint density at radius 3 is 2.43 bits per heavy atom. The van der Waals surface area contributed by atoms with Gasteiger partial charge in [-0.05, 0) is 93.4 Å². The molecule has 196 valence electrons. The van der Waals surface area contributed by atoms with Crippen molar-refractivity contribution in [2.24, 2.45) is 11.8 Å². The summed E-state index contributed by atoms with van der Waals surface area (Å²) in [5, 5.41) is 0. The van der Waals surface area contributed by atoms with Crippen molar-refractivity contribution in [1.29, 1.82) is 0 Å². The number of nitrogens with zero attached hydrogens (tertiary/aromatic N) is 5. The van der Waals surface area contributed by atoms with E-state index in [4.69, 9.17) is 5.73 Å². The van der Waals surface area contributed by atoms with E-state index < -0.39 is 0 Å². The number of rotatable bonds is 6. The van der Waals surface area contributed by atoms with E-state index in [9.17, 15) is 14.0 Å². The predicted octanol–water partition coefficient (Wildman–Crippen LogP) is 3.41. The van der Waals surface area contributed by atoms with Crippen LogP contribution >= 0.6 is 0 Å². The lowest BCUT2D eigenvalue weighted by molar-refractivity contribution is -0.138. The molecule has 1 amide bonds. The van der Waals surface area contributed by atoms with E-state index in [1.165, 1.54) is 12.1 Å². The zero-order valence-corrected chi connectivity index (χ0v) is 21.2. The van der Waals surface area contributed by atoms with Gasteiger partial charge in [-0.3, -0.25) is 18.8 Å². The molecule has 0 bridgehead atoms. The second-order valence-corrected chi connectivity index (χ2v) is 11.0. The lowest BCUT2D eigenvalue weighted by atomic mass is 9.93. The maximum atomic E-state index is 14.0. The van der Waals surface area contributed by atoms with Crippen molar-refractivity contribution in [2.45, 2.75) is 57.7 Å². The van der Waals surface area contributed by atoms with Crippen molar-refractivity contribution < 1.29 is 9.18 Å². The Morgan fingerprint density at radius 2 is 1.73 bits per heavy atom. The molecule has 1 aliphatic carbocycles. The molecule has 2 aromatic heterocycles. The Labute approximate surface area is 215 Å². The minimum atomic E-state index is -0.314. The minimum Gasteiger partial charge on any atom is -0.384 e. The van der Waals surface area contributed by atoms with Gasteiger partial charge in [-0.25, -0.2) is 14.2 Å². The number of likely N-dealkylation sites (tertiary alicyclic amines) is 2. The summed E-state index contributed by atoms with van der Waals surface area (Å²) in [6.45, 7) is 4.58. The quantitative estimate of drug-likeness (QED) is 0.554. The summed E-state index contributed by atoms with van der Waals surface area (Å²) in [5.74, 6) is 1.05. The molecule has 0 atom stereocenters. The first-order valence-corrected chi connectivity index (χ1v) is 13.6. The highest BCUT2D eigenvalue weighted by Gasteiger charge is 2.33. The van der Waals surface area contributed by atoms with Crippen LogP contribution in [0.5, 0.6) is 0 Å². The summed E-state index contributed by atoms with van der Waals surface area (Å²) in [7, 11) is 0. The van der Waals surface area contributed by atoms with E-state index >= 15 is 0 Å². The first-order chi connectivity index (χ1) is 18.0. The van der Waals surface area contributed by atoms with E-state index in [0.29, 0.717) is 36.9 Å². The molecule has 0 radical (unpaired) electrons. The fourth-order valence-corrected chi connectivity index (χ4v) is 6.13. The molecule has 0 unspecified atom stereocenters. The number of hydrogen-bond acceptors (Lipinski definition) is 5. The Morgan fingerprint density at radius 1 is 0.973 bits per heavy atom. The number of pyridine rings is 1. The average molecular weight is 507 g/mol. The summed E-state index contributed by atoms with van der Waals surface area (Å²) in [6.07, 6.45) is 7.21. The Bertz CT molecular complexity index is 1350. The molecule has 3 aromatic rings. The van der Waals surface area contributed by atoms with Crippen molar-refractivity contribution in [2.75, 3.05) is 31.9 Å². The van der Waals surface area contributed by atoms with Crippen LogP contribution in [0, 0.1) is 17.7 Å². The molecule has 2 saturated heterocycles. The van der Waals surface area contributed by atoms with Gasteiger partial charge in [0.15, 0.2) is 0 Å². The van der Waals surface area contributed by atoms with E-state index in [1.54, 1.807) is 16.8 Å². The number of amides is 1. The zero-order chi connectivity index (χ0) is 25.5. The van der Waals surface area contributed by atoms with Crippen molar-refractivity contribution >= 4 is 22.8 Å². The topological polar surface area (TPSA) is 89.4 Å². The standard InChI is InChI=1S/C28H35FN6O2/c29-22-3-4-24-25(16-22)34(18-19-1-2-19)28(37)35(24)23-8-13-33(14-9-23)27(36)21-6-11-32(12-7-21)17-20-5-10-31-26(30)15-20/h3-5,10,15-16,19,21,23H,1-2,6-9,11-14,17-18H2,(H2,30,31). The Kier molecular flexibility index (Phi) is 6.48. The normalized spacial score (nSPS) is 20.1. The van der Waals surface area contributed by atoms with Crippen LogP contribution in [0.4, 0.5) is 10.2 Å². The van der Waals surface area contributed by atoms with Crippen LogP contribution in [0.1, 0.15) is 50.1 Å². The van der Waals surface area contributed by atoms with Crippen molar-refractivity contribution in [3.8, 4) is 0 Å². The van der Waals surface area contributed by atoms with Crippen LogP contribution in [0.2, 0.25) is 0 Å². The maximum Gasteiger partial charge on any atom is 0.329 e. The second kappa shape index (κ2) is 9.93. The Balaban J connectivity index is 1.08. The van der Waals surface area contributed by atoms with Gasteiger partial charge in [0.25, 0.3) is 0 Å². The molecular weight excluding hydrogens is 471 g/mol. The average Bonchev–Trinajstić information content (AvgIpc) is 3.68. The number of piperidine rings is 2. The highest BCUT2D eigenvalue weighted by atomic mass is 19.1. The fourth-order valence-electron chi connectivity index (χ4n) is 6.13. The molecule has 0 spiro atoms. The number of aromatic nitrogens is 3. The highest BCUT2D eigenvalue weighted by Crippen LogP contribution is 2.33. The van der Waals surface area contributed by atoms with Crippen molar-refractivity contribution in [3.63, 3.8) is 0 Å². The first kappa shape index (κ1) is 24.2. The summed E-state index contributed by atoms with van der Waals surface area (Å²) < 4.78 is 17.7. The Hall–Kier alpha value is -3.20. The molecule has 8 nitrogen and oxygen atoms in total. The molecule has 1 saturated carbocycles. The van der Waals surface area contributed by atoms with Gasteiger partial charge in [-0.15, -0.1) is 0 Å². The number of halogens is 1. The molecule has 9 heteroatoms. The molecule has 4 heterocycles. The number of nitrogen functional groups attached to an aromatic ring is 1. The van der Waals surface area contributed by atoms with Gasteiger partial charge in [0.2, 0.25) is 5.91 Å². The number of anilines is 1. The summed E-state index contributed by atoms with van der Waals surface area (Å²) in [6, 6.07) is 8.59. The van der Waals surface area contributed by atoms with Gasteiger partial charge < -0.3 is 10.6 Å². The molecule has 2 aliphatic heterocycles. The van der Waals surface area contributed by atoms with Gasteiger partial charge in [0.1, 0.15) is 11.6 Å². The molecule has 3 fully saturated rings. The number of carbonyl (C=O) groups excluding carboxylic acids is 1. The second-order valence-electron chi connectivity index (χ2n) is 11.0. The largest absolute Gasteiger partial charge is 0.384 e. The number of fused-ring (bicyclic) bond motifs is 1. The van der Waals surface area contributed by atoms with Gasteiger partial charge in [0.05, 0.1) is 11.0 Å². The number of hydrogen-bond donors (Lipinski definition) is 1.